The summed E-state index contributed by atoms with van der Waals surface area (Å²) >= 11 is 0. The fraction of sp³-hybridized carbons (Fsp3) is 0.660. The van der Waals surface area contributed by atoms with Gasteiger partial charge in [0.2, 0.25) is 5.79 Å². The molecular formula is C47H72FNO17. The summed E-state index contributed by atoms with van der Waals surface area (Å²) in [6.07, 6.45) is -2.09. The molecule has 66 heavy (non-hydrogen) atoms. The van der Waals surface area contributed by atoms with Crippen LogP contribution in [-0.4, -0.2) is 172 Å². The zero-order chi connectivity index (χ0) is 49.3. The Morgan fingerprint density at radius 1 is 0.697 bits per heavy atom. The zero-order valence-electron chi connectivity index (χ0n) is 37.8. The molecule has 2 saturated heterocycles. The van der Waals surface area contributed by atoms with E-state index in [4.69, 9.17) is 24.7 Å². The van der Waals surface area contributed by atoms with Crippen LogP contribution in [0.3, 0.4) is 0 Å². The number of nitrogens with two attached hydrogens (primary N) is 1. The first-order chi connectivity index (χ1) is 31.1. The number of carbonyl (C=O) groups excluding carboxylic acids is 1. The van der Waals surface area contributed by atoms with Crippen LogP contribution >= 0.6 is 0 Å². The van der Waals surface area contributed by atoms with Crippen LogP contribution in [0.15, 0.2) is 85.1 Å². The van der Waals surface area contributed by atoms with E-state index in [9.17, 15) is 65.8 Å². The fourth-order valence-corrected chi connectivity index (χ4v) is 7.91. The molecule has 2 unspecified atom stereocenters. The van der Waals surface area contributed by atoms with Gasteiger partial charge in [0.05, 0.1) is 73.5 Å². The lowest BCUT2D eigenvalue weighted by atomic mass is 9.81. The van der Waals surface area contributed by atoms with E-state index in [1.165, 1.54) is 19.1 Å². The molecule has 13 N–H and O–H groups in total. The van der Waals surface area contributed by atoms with Crippen molar-refractivity contribution in [3.8, 4) is 0 Å². The van der Waals surface area contributed by atoms with Crippen molar-refractivity contribution in [3.05, 3.63) is 85.1 Å². The molecule has 3 rings (SSSR count). The number of aliphatic hydroxyl groups is 10. The third kappa shape index (κ3) is 17.5. The van der Waals surface area contributed by atoms with Crippen molar-refractivity contribution in [2.45, 2.75) is 176 Å². The number of rotatable bonds is 3. The van der Waals surface area contributed by atoms with E-state index in [-0.39, 0.29) is 25.2 Å². The Bertz CT molecular complexity index is 1710. The summed E-state index contributed by atoms with van der Waals surface area (Å²) in [7, 11) is 0. The molecule has 3 aliphatic rings. The molecule has 18 nitrogen and oxygen atoms in total. The molecule has 0 aromatic heterocycles. The minimum atomic E-state index is -3.03. The van der Waals surface area contributed by atoms with Crippen LogP contribution in [0.25, 0.3) is 0 Å². The Kier molecular flexibility index (Phi) is 23.7. The van der Waals surface area contributed by atoms with Crippen LogP contribution in [-0.2, 0) is 28.5 Å². The van der Waals surface area contributed by atoms with Gasteiger partial charge in [-0.05, 0) is 33.1 Å². The summed E-state index contributed by atoms with van der Waals surface area (Å²) in [5, 5.41) is 118. The number of carbonyl (C=O) groups is 2. The highest BCUT2D eigenvalue weighted by molar-refractivity contribution is 5.72. The van der Waals surface area contributed by atoms with Crippen molar-refractivity contribution in [3.63, 3.8) is 0 Å². The third-order valence-electron chi connectivity index (χ3n) is 12.1. The quantitative estimate of drug-likeness (QED) is 0.173. The summed E-state index contributed by atoms with van der Waals surface area (Å²) in [4.78, 5) is 25.1. The molecule has 0 aromatic rings. The molecule has 0 amide bonds. The van der Waals surface area contributed by atoms with Crippen LogP contribution in [0, 0.1) is 17.8 Å². The van der Waals surface area contributed by atoms with Gasteiger partial charge >= 0.3 is 11.9 Å². The number of hydrogen-bond acceptors (Lipinski definition) is 17. The SMILES string of the molecule is C[C@@H]1[C@H](O)[C@@H](C)C=CC=CC=CC=CC=CC=CC=C[C@H](O[C@@H]2O[C@H](C)[C@@H](O)[C@H](N)[C@@H]2O)C[C@@H]2OC(O)(C[C@@H](O)C[C@@H](O)[C@H](O)CC[C@@H](O)C[C@@H](O)CC(=O)O[C@H]1C)C(F)[C@@H](O)[C@H]2C(=O)O. The number of halogens is 1. The van der Waals surface area contributed by atoms with E-state index in [0.717, 1.165) is 0 Å². The molecule has 3 aliphatic heterocycles. The number of aliphatic hydroxyl groups excluding tert-OH is 9. The number of cyclic esters (lactones) is 1. The lowest BCUT2D eigenvalue weighted by Crippen LogP contribution is -2.64. The van der Waals surface area contributed by atoms with Crippen molar-refractivity contribution >= 4 is 11.9 Å². The zero-order valence-corrected chi connectivity index (χ0v) is 37.8. The van der Waals surface area contributed by atoms with Crippen LogP contribution in [0.1, 0.15) is 72.6 Å². The van der Waals surface area contributed by atoms with E-state index in [0.29, 0.717) is 0 Å². The average Bonchev–Trinajstić information content (AvgIpc) is 3.24. The number of esters is 1. The molecule has 0 spiro atoms. The molecule has 0 aliphatic carbocycles. The lowest BCUT2D eigenvalue weighted by Gasteiger charge is -2.47. The normalized spacial score (nSPS) is 42.7. The highest BCUT2D eigenvalue weighted by atomic mass is 19.1. The van der Waals surface area contributed by atoms with Gasteiger partial charge in [-0.25, -0.2) is 4.39 Å². The molecule has 19 heteroatoms. The number of hydrogen-bond donors (Lipinski definition) is 12. The molecule has 2 fully saturated rings. The maximum atomic E-state index is 15.8. The van der Waals surface area contributed by atoms with Gasteiger partial charge in [-0.2, -0.15) is 0 Å². The predicted molar refractivity (Wildman–Crippen MR) is 237 cm³/mol. The van der Waals surface area contributed by atoms with Crippen LogP contribution < -0.4 is 5.73 Å². The van der Waals surface area contributed by atoms with Gasteiger partial charge in [-0.1, -0.05) is 98.9 Å². The number of carboxylic acids is 1. The van der Waals surface area contributed by atoms with E-state index >= 15 is 4.39 Å². The topological polar surface area (TPSA) is 320 Å². The minimum Gasteiger partial charge on any atom is -0.481 e. The first-order valence-electron chi connectivity index (χ1n) is 22.4. The maximum Gasteiger partial charge on any atom is 0.311 e. The second kappa shape index (κ2) is 27.5. The molecule has 0 saturated carbocycles. The fourth-order valence-electron chi connectivity index (χ4n) is 7.91. The molecule has 0 radical (unpaired) electrons. The van der Waals surface area contributed by atoms with Crippen molar-refractivity contribution in [2.75, 3.05) is 0 Å². The highest BCUT2D eigenvalue weighted by Crippen LogP contribution is 2.40. The highest BCUT2D eigenvalue weighted by Gasteiger charge is 2.57. The van der Waals surface area contributed by atoms with Gasteiger partial charge in [0.25, 0.3) is 0 Å². The Balaban J connectivity index is 1.89. The Labute approximate surface area is 385 Å². The second-order valence-electron chi connectivity index (χ2n) is 17.6. The summed E-state index contributed by atoms with van der Waals surface area (Å²) in [6.45, 7) is 6.65. The van der Waals surface area contributed by atoms with E-state index in [1.54, 1.807) is 86.8 Å². The number of ether oxygens (including phenoxy) is 4. The van der Waals surface area contributed by atoms with E-state index < -0.39 is 153 Å². The van der Waals surface area contributed by atoms with Crippen LogP contribution in [0.5, 0.6) is 0 Å². The number of aliphatic carboxylic acids is 1. The first kappa shape index (κ1) is 56.8. The van der Waals surface area contributed by atoms with Gasteiger partial charge in [0.15, 0.2) is 12.5 Å². The van der Waals surface area contributed by atoms with E-state index in [2.05, 4.69) is 0 Å². The van der Waals surface area contributed by atoms with Gasteiger partial charge in [0.1, 0.15) is 24.2 Å². The number of allylic oxidation sites excluding steroid dienone is 12. The van der Waals surface area contributed by atoms with Crippen LogP contribution in [0.2, 0.25) is 0 Å². The Morgan fingerprint density at radius 2 is 1.26 bits per heavy atom. The van der Waals surface area contributed by atoms with Crippen molar-refractivity contribution in [1.29, 1.82) is 0 Å². The standard InChI is InChI=1S/C47H72FNO17/c1-26-17-15-13-11-9-7-5-6-8-10-12-14-16-18-33(65-46-43(59)39(49)41(57)29(4)64-46)24-36-38(45(60)61)42(58)44(48)47(62,66-36)25-32(52)22-35(54)34(53)20-19-30(50)21-31(51)23-37(55)63-28(3)27(2)40(26)56/h5-18,26-36,38-44,46,50-54,56-59,62H,19-25,49H2,1-4H3,(H,60,61)/t26-,27-,28-,29+,30+,31+,32-,33-,34+,35+,36-,38-,39-,40+,41+,42-,43-,44?,46-,47?/m0/s1. The second-order valence-corrected chi connectivity index (χ2v) is 17.6. The number of carboxylic acid groups (broad SMARTS) is 1. The summed E-state index contributed by atoms with van der Waals surface area (Å²) in [6, 6.07) is -1.20. The third-order valence-corrected chi connectivity index (χ3v) is 12.1. The number of fused-ring (bicyclic) bond motifs is 2. The van der Waals surface area contributed by atoms with Crippen LogP contribution in [0.4, 0.5) is 4.39 Å². The maximum absolute atomic E-state index is 15.8. The smallest absolute Gasteiger partial charge is 0.311 e. The Morgan fingerprint density at radius 3 is 1.83 bits per heavy atom. The average molecular weight is 942 g/mol. The largest absolute Gasteiger partial charge is 0.481 e. The molecule has 2 bridgehead atoms. The number of alkyl halides is 1. The summed E-state index contributed by atoms with van der Waals surface area (Å²) in [5.74, 6) is -8.24. The van der Waals surface area contributed by atoms with Gasteiger partial charge < -0.3 is 80.9 Å². The van der Waals surface area contributed by atoms with Gasteiger partial charge in [-0.15, -0.1) is 0 Å². The minimum absolute atomic E-state index is 0.170. The Hall–Kier alpha value is -3.51. The molecule has 374 valence electrons. The van der Waals surface area contributed by atoms with Crippen molar-refractivity contribution in [2.24, 2.45) is 23.5 Å². The van der Waals surface area contributed by atoms with Gasteiger partial charge in [0, 0.05) is 31.1 Å². The molecule has 3 heterocycles. The lowest BCUT2D eigenvalue weighted by molar-refractivity contribution is -0.334. The summed E-state index contributed by atoms with van der Waals surface area (Å²) < 4.78 is 38.5. The van der Waals surface area contributed by atoms with E-state index in [1.807, 2.05) is 6.92 Å². The summed E-state index contributed by atoms with van der Waals surface area (Å²) in [5.41, 5.74) is 5.99. The molecular weight excluding hydrogens is 870 g/mol. The first-order valence-corrected chi connectivity index (χ1v) is 22.4. The van der Waals surface area contributed by atoms with Crippen molar-refractivity contribution in [1.82, 2.24) is 0 Å². The van der Waals surface area contributed by atoms with Crippen molar-refractivity contribution < 1.29 is 89.1 Å². The molecule has 20 atom stereocenters. The predicted octanol–water partition coefficient (Wildman–Crippen LogP) is 0.660. The molecule has 0 aromatic carbocycles. The van der Waals surface area contributed by atoms with Gasteiger partial charge in [-0.3, -0.25) is 9.59 Å². The monoisotopic (exact) mass is 941 g/mol.